The van der Waals surface area contributed by atoms with Gasteiger partial charge in [-0.15, -0.1) is 0 Å². The minimum absolute atomic E-state index is 0.167. The van der Waals surface area contributed by atoms with Gasteiger partial charge in [0.2, 0.25) is 17.7 Å². The van der Waals surface area contributed by atoms with Crippen molar-refractivity contribution in [3.05, 3.63) is 59.2 Å². The summed E-state index contributed by atoms with van der Waals surface area (Å²) in [7, 11) is -1.15. The second-order valence-electron chi connectivity index (χ2n) is 9.29. The maximum Gasteiger partial charge on any atom is 0.491 e. The van der Waals surface area contributed by atoms with Gasteiger partial charge in [-0.1, -0.05) is 18.2 Å². The molecule has 0 spiro atoms. The van der Waals surface area contributed by atoms with E-state index in [-0.39, 0.29) is 45.6 Å². The molecule has 0 saturated carbocycles. The molecule has 3 amide bonds. The number of nitrogens with two attached hydrogens (primary N) is 3. The molecule has 3 rings (SSSR count). The number of benzene rings is 2. The van der Waals surface area contributed by atoms with Gasteiger partial charge >= 0.3 is 13.3 Å². The summed E-state index contributed by atoms with van der Waals surface area (Å²) < 4.78 is 44.1. The Morgan fingerprint density at radius 2 is 1.70 bits per heavy atom. The third kappa shape index (κ3) is 8.25. The molecule has 0 radical (unpaired) electrons. The highest BCUT2D eigenvalue weighted by atomic mass is 19.4. The highest BCUT2D eigenvalue weighted by Gasteiger charge is 2.31. The second kappa shape index (κ2) is 13.7. The topological polar surface area (TPSA) is 186 Å². The van der Waals surface area contributed by atoms with Gasteiger partial charge in [0.25, 0.3) is 0 Å². The zero-order valence-corrected chi connectivity index (χ0v) is 21.6. The lowest BCUT2D eigenvalue weighted by Crippen LogP contribution is -2.52. The van der Waals surface area contributed by atoms with Crippen molar-refractivity contribution >= 4 is 36.0 Å². The molecule has 9 N–H and O–H groups in total. The minimum atomic E-state index is -4.54. The molecule has 216 valence electrons. The van der Waals surface area contributed by atoms with E-state index < -0.39 is 48.7 Å². The molecule has 1 aliphatic rings. The number of hydrogen-bond acceptors (Lipinski definition) is 8. The van der Waals surface area contributed by atoms with Crippen molar-refractivity contribution < 1.29 is 37.2 Å². The molecule has 11 nitrogen and oxygen atoms in total. The van der Waals surface area contributed by atoms with E-state index in [2.05, 4.69) is 10.6 Å². The molecule has 0 fully saturated rings. The fourth-order valence-corrected chi connectivity index (χ4v) is 4.16. The van der Waals surface area contributed by atoms with Gasteiger partial charge in [-0.05, 0) is 40.9 Å². The normalized spacial score (nSPS) is 14.3. The predicted octanol–water partition coefficient (Wildman–Crippen LogP) is -0.947. The first-order chi connectivity index (χ1) is 18.9. The van der Waals surface area contributed by atoms with Crippen LogP contribution in [-0.4, -0.2) is 73.0 Å². The molecular formula is C25H32BF3N6O5. The van der Waals surface area contributed by atoms with Gasteiger partial charge in [0.05, 0.1) is 24.6 Å². The Morgan fingerprint density at radius 3 is 2.30 bits per heavy atom. The van der Waals surface area contributed by atoms with Gasteiger partial charge in [0, 0.05) is 38.3 Å². The van der Waals surface area contributed by atoms with E-state index >= 15 is 0 Å². The number of carbonyl (C=O) groups is 3. The number of fused-ring (bicyclic) bond motifs is 1. The lowest BCUT2D eigenvalue weighted by Gasteiger charge is -2.24. The molecule has 2 aromatic rings. The first kappa shape index (κ1) is 31.0. The van der Waals surface area contributed by atoms with Crippen molar-refractivity contribution in [3.63, 3.8) is 0 Å². The van der Waals surface area contributed by atoms with E-state index in [0.717, 1.165) is 17.7 Å². The molecule has 40 heavy (non-hydrogen) atoms. The number of halogens is 3. The van der Waals surface area contributed by atoms with Gasteiger partial charge < -0.3 is 42.4 Å². The van der Waals surface area contributed by atoms with Crippen molar-refractivity contribution in [1.29, 1.82) is 0 Å². The van der Waals surface area contributed by atoms with Crippen LogP contribution >= 0.6 is 0 Å². The summed E-state index contributed by atoms with van der Waals surface area (Å²) in [4.78, 5) is 40.1. The fourth-order valence-electron chi connectivity index (χ4n) is 4.16. The van der Waals surface area contributed by atoms with Crippen LogP contribution in [0.2, 0.25) is 0 Å². The monoisotopic (exact) mass is 564 g/mol. The summed E-state index contributed by atoms with van der Waals surface area (Å²) in [6, 6.07) is 6.37. The van der Waals surface area contributed by atoms with E-state index in [1.165, 1.54) is 23.1 Å². The Morgan fingerprint density at radius 1 is 1.05 bits per heavy atom. The second-order valence-corrected chi connectivity index (χ2v) is 9.29. The smallest absolute Gasteiger partial charge is 0.423 e. The van der Waals surface area contributed by atoms with Crippen molar-refractivity contribution in [3.8, 4) is 0 Å². The molecule has 2 atom stereocenters. The van der Waals surface area contributed by atoms with Crippen LogP contribution in [0.3, 0.4) is 0 Å². The zero-order valence-electron chi connectivity index (χ0n) is 21.6. The Balaban J connectivity index is 1.76. The summed E-state index contributed by atoms with van der Waals surface area (Å²) in [6.07, 6.45) is -5.07. The van der Waals surface area contributed by atoms with Crippen LogP contribution in [-0.2, 0) is 38.2 Å². The van der Waals surface area contributed by atoms with Crippen LogP contribution in [0.1, 0.15) is 23.1 Å². The Bertz CT molecular complexity index is 1190. The van der Waals surface area contributed by atoms with Gasteiger partial charge in [-0.2, -0.15) is 13.2 Å². The largest absolute Gasteiger partial charge is 0.491 e. The SMILES string of the molecule is NCCN(CCN)C(=O)C[C@H](N)C(=O)N[C@H](Cc1ccc(C(F)(F)F)cc1)C(=O)Nc1ccc2c(c1)B(O)OC2. The number of amides is 3. The molecule has 1 heterocycles. The summed E-state index contributed by atoms with van der Waals surface area (Å²) in [5, 5.41) is 15.1. The van der Waals surface area contributed by atoms with E-state index in [4.69, 9.17) is 21.9 Å². The quantitative estimate of drug-likeness (QED) is 0.178. The molecule has 0 saturated heterocycles. The molecule has 0 aliphatic carbocycles. The van der Waals surface area contributed by atoms with Gasteiger partial charge in [0.15, 0.2) is 0 Å². The number of anilines is 1. The van der Waals surface area contributed by atoms with Crippen molar-refractivity contribution in [2.45, 2.75) is 37.7 Å². The Hall–Kier alpha value is -3.50. The van der Waals surface area contributed by atoms with E-state index in [0.29, 0.717) is 16.7 Å². The summed E-state index contributed by atoms with van der Waals surface area (Å²) >= 11 is 0. The van der Waals surface area contributed by atoms with Crippen molar-refractivity contribution in [2.24, 2.45) is 17.2 Å². The van der Waals surface area contributed by atoms with Crippen LogP contribution in [0, 0.1) is 0 Å². The van der Waals surface area contributed by atoms with Crippen molar-refractivity contribution in [1.82, 2.24) is 10.2 Å². The standard InChI is InChI=1S/C25H32BF3N6O5/c27-25(28,29)17-4-1-15(2-5-17)11-21(24(38)33-18-6-3-16-14-40-26(39)19(16)12-18)34-23(37)20(32)13-22(36)35(9-7-30)10-8-31/h1-6,12,20-21,39H,7-11,13-14,30-32H2,(H,33,38)(H,34,37)/t20-,21+/m0/s1. The molecule has 0 aromatic heterocycles. The molecule has 0 unspecified atom stereocenters. The fraction of sp³-hybridized carbons (Fsp3) is 0.400. The van der Waals surface area contributed by atoms with Crippen LogP contribution in [0.4, 0.5) is 18.9 Å². The number of alkyl halides is 3. The third-order valence-corrected chi connectivity index (χ3v) is 6.31. The number of nitrogens with zero attached hydrogens (tertiary/aromatic N) is 1. The highest BCUT2D eigenvalue weighted by Crippen LogP contribution is 2.29. The third-order valence-electron chi connectivity index (χ3n) is 6.31. The highest BCUT2D eigenvalue weighted by molar-refractivity contribution is 6.61. The van der Waals surface area contributed by atoms with Crippen LogP contribution < -0.4 is 33.3 Å². The Kier molecular flexibility index (Phi) is 10.6. The van der Waals surface area contributed by atoms with E-state index in [1.54, 1.807) is 12.1 Å². The van der Waals surface area contributed by atoms with Gasteiger partial charge in [-0.25, -0.2) is 0 Å². The maximum atomic E-state index is 13.2. The lowest BCUT2D eigenvalue weighted by molar-refractivity contribution is -0.137. The molecule has 0 bridgehead atoms. The first-order valence-electron chi connectivity index (χ1n) is 12.6. The molecular weight excluding hydrogens is 532 g/mol. The number of carbonyl (C=O) groups excluding carboxylic acids is 3. The molecule has 2 aromatic carbocycles. The number of rotatable bonds is 12. The van der Waals surface area contributed by atoms with Crippen LogP contribution in [0.25, 0.3) is 0 Å². The average Bonchev–Trinajstić information content (AvgIpc) is 3.27. The van der Waals surface area contributed by atoms with Gasteiger partial charge in [0.1, 0.15) is 6.04 Å². The van der Waals surface area contributed by atoms with Crippen LogP contribution in [0.5, 0.6) is 0 Å². The van der Waals surface area contributed by atoms with E-state index in [9.17, 15) is 32.6 Å². The van der Waals surface area contributed by atoms with E-state index in [1.807, 2.05) is 0 Å². The number of nitrogens with one attached hydrogen (secondary N) is 2. The lowest BCUT2D eigenvalue weighted by atomic mass is 9.79. The van der Waals surface area contributed by atoms with Crippen molar-refractivity contribution in [2.75, 3.05) is 31.5 Å². The van der Waals surface area contributed by atoms with Crippen LogP contribution in [0.15, 0.2) is 42.5 Å². The Labute approximate surface area is 229 Å². The summed E-state index contributed by atoms with van der Waals surface area (Å²) in [6.45, 7) is 1.04. The zero-order chi connectivity index (χ0) is 29.4. The predicted molar refractivity (Wildman–Crippen MR) is 142 cm³/mol. The maximum absolute atomic E-state index is 13.2. The average molecular weight is 564 g/mol. The number of hydrogen-bond donors (Lipinski definition) is 6. The first-order valence-corrected chi connectivity index (χ1v) is 12.6. The minimum Gasteiger partial charge on any atom is -0.423 e. The van der Waals surface area contributed by atoms with Gasteiger partial charge in [-0.3, -0.25) is 14.4 Å². The summed E-state index contributed by atoms with van der Waals surface area (Å²) in [5.74, 6) is -1.94. The summed E-state index contributed by atoms with van der Waals surface area (Å²) in [5.41, 5.74) is 18.0. The molecule has 1 aliphatic heterocycles. The molecule has 15 heteroatoms.